The van der Waals surface area contributed by atoms with E-state index in [4.69, 9.17) is 9.90 Å². The molecule has 6 nitrogen and oxygen atoms in total. The van der Waals surface area contributed by atoms with Crippen LogP contribution in [0.3, 0.4) is 0 Å². The molecule has 166 valence electrons. The Morgan fingerprint density at radius 3 is 2.52 bits per heavy atom. The highest BCUT2D eigenvalue weighted by Gasteiger charge is 2.47. The van der Waals surface area contributed by atoms with Gasteiger partial charge in [0.25, 0.3) is 0 Å². The minimum atomic E-state index is -5.08. The predicted molar refractivity (Wildman–Crippen MR) is 104 cm³/mol. The summed E-state index contributed by atoms with van der Waals surface area (Å²) in [7, 11) is 0. The molecule has 1 aromatic carbocycles. The molecular formula is C21H21F4N3O3. The fourth-order valence-electron chi connectivity index (χ4n) is 3.93. The second-order valence-corrected chi connectivity index (χ2v) is 7.72. The first-order valence-corrected chi connectivity index (χ1v) is 9.56. The van der Waals surface area contributed by atoms with E-state index in [2.05, 4.69) is 9.88 Å². The quantitative estimate of drug-likeness (QED) is 0.742. The highest BCUT2D eigenvalue weighted by molar-refractivity contribution is 5.96. The molecule has 31 heavy (non-hydrogen) atoms. The van der Waals surface area contributed by atoms with Crippen LogP contribution >= 0.6 is 0 Å². The SMILES string of the molecule is O=C(O)C(F)(F)F.O=C1CC2(CCN(Cc3ccccn3)C2)CN1c1cccc(F)c1. The molecule has 2 aliphatic rings. The van der Waals surface area contributed by atoms with Gasteiger partial charge in [0.2, 0.25) is 5.91 Å². The molecule has 0 radical (unpaired) electrons. The van der Waals surface area contributed by atoms with E-state index in [0.29, 0.717) is 18.7 Å². The molecule has 0 bridgehead atoms. The lowest BCUT2D eigenvalue weighted by Gasteiger charge is -2.24. The summed E-state index contributed by atoms with van der Waals surface area (Å²) in [5.41, 5.74) is 1.71. The number of hydrogen-bond acceptors (Lipinski definition) is 4. The van der Waals surface area contributed by atoms with Crippen molar-refractivity contribution in [1.82, 2.24) is 9.88 Å². The maximum absolute atomic E-state index is 13.5. The third kappa shape index (κ3) is 5.78. The van der Waals surface area contributed by atoms with Crippen LogP contribution in [0.15, 0.2) is 48.7 Å². The Morgan fingerprint density at radius 2 is 1.90 bits per heavy atom. The average Bonchev–Trinajstić information content (AvgIpc) is 3.24. The largest absolute Gasteiger partial charge is 0.490 e. The van der Waals surface area contributed by atoms with Crippen molar-refractivity contribution in [1.29, 1.82) is 0 Å². The van der Waals surface area contributed by atoms with Crippen molar-refractivity contribution in [2.24, 2.45) is 5.41 Å². The van der Waals surface area contributed by atoms with Crippen molar-refractivity contribution in [3.8, 4) is 0 Å². The van der Waals surface area contributed by atoms with E-state index in [1.165, 1.54) is 12.1 Å². The zero-order valence-corrected chi connectivity index (χ0v) is 16.5. The molecule has 1 N–H and O–H groups in total. The second kappa shape index (κ2) is 9.01. The van der Waals surface area contributed by atoms with Crippen molar-refractivity contribution in [2.75, 3.05) is 24.5 Å². The number of carbonyl (C=O) groups is 2. The molecule has 1 unspecified atom stereocenters. The van der Waals surface area contributed by atoms with Gasteiger partial charge in [-0.15, -0.1) is 0 Å². The van der Waals surface area contributed by atoms with Crippen molar-refractivity contribution >= 4 is 17.6 Å². The minimum absolute atomic E-state index is 0.0157. The lowest BCUT2D eigenvalue weighted by atomic mass is 9.86. The van der Waals surface area contributed by atoms with Gasteiger partial charge in [0.05, 0.1) is 5.69 Å². The number of aromatic nitrogens is 1. The Labute approximate surface area is 176 Å². The van der Waals surface area contributed by atoms with Crippen LogP contribution in [0.2, 0.25) is 0 Å². The number of anilines is 1. The summed E-state index contributed by atoms with van der Waals surface area (Å²) in [6, 6.07) is 12.3. The smallest absolute Gasteiger partial charge is 0.475 e. The summed E-state index contributed by atoms with van der Waals surface area (Å²) >= 11 is 0. The number of aliphatic carboxylic acids is 1. The van der Waals surface area contributed by atoms with Crippen molar-refractivity contribution in [3.05, 3.63) is 60.2 Å². The maximum atomic E-state index is 13.5. The molecule has 2 fully saturated rings. The summed E-state index contributed by atoms with van der Waals surface area (Å²) < 4.78 is 45.2. The number of rotatable bonds is 3. The van der Waals surface area contributed by atoms with Gasteiger partial charge >= 0.3 is 12.1 Å². The van der Waals surface area contributed by atoms with Gasteiger partial charge in [-0.3, -0.25) is 14.7 Å². The molecule has 1 aromatic heterocycles. The number of alkyl halides is 3. The minimum Gasteiger partial charge on any atom is -0.475 e. The average molecular weight is 439 g/mol. The summed E-state index contributed by atoms with van der Waals surface area (Å²) in [6.07, 6.45) is -1.73. The van der Waals surface area contributed by atoms with Crippen molar-refractivity contribution in [3.63, 3.8) is 0 Å². The van der Waals surface area contributed by atoms with Gasteiger partial charge in [0, 0.05) is 43.4 Å². The number of carbonyl (C=O) groups excluding carboxylic acids is 1. The number of pyridine rings is 1. The number of halogens is 4. The number of nitrogens with zero attached hydrogens (tertiary/aromatic N) is 3. The van der Waals surface area contributed by atoms with Crippen LogP contribution in [-0.2, 0) is 16.1 Å². The van der Waals surface area contributed by atoms with Crippen LogP contribution in [0.5, 0.6) is 0 Å². The van der Waals surface area contributed by atoms with E-state index in [1.807, 2.05) is 24.4 Å². The summed E-state index contributed by atoms with van der Waals surface area (Å²) in [6.45, 7) is 3.35. The number of benzene rings is 1. The molecule has 0 aliphatic carbocycles. The fraction of sp³-hybridized carbons (Fsp3) is 0.381. The molecule has 1 spiro atoms. The van der Waals surface area contributed by atoms with Gasteiger partial charge in [-0.25, -0.2) is 9.18 Å². The third-order valence-electron chi connectivity index (χ3n) is 5.31. The Hall–Kier alpha value is -3.01. The molecule has 2 aromatic rings. The van der Waals surface area contributed by atoms with Crippen LogP contribution in [0.25, 0.3) is 0 Å². The molecule has 1 atom stereocenters. The van der Waals surface area contributed by atoms with Gasteiger partial charge < -0.3 is 10.0 Å². The van der Waals surface area contributed by atoms with Crippen LogP contribution in [0.1, 0.15) is 18.5 Å². The van der Waals surface area contributed by atoms with E-state index >= 15 is 0 Å². The third-order valence-corrected chi connectivity index (χ3v) is 5.31. The number of likely N-dealkylation sites (tertiary alicyclic amines) is 1. The van der Waals surface area contributed by atoms with E-state index in [1.54, 1.807) is 17.0 Å². The highest BCUT2D eigenvalue weighted by atomic mass is 19.4. The summed E-state index contributed by atoms with van der Waals surface area (Å²) in [4.78, 5) is 29.9. The predicted octanol–water partition coefficient (Wildman–Crippen LogP) is 3.48. The van der Waals surface area contributed by atoms with Crippen LogP contribution in [0, 0.1) is 11.2 Å². The van der Waals surface area contributed by atoms with Gasteiger partial charge in [0.15, 0.2) is 0 Å². The maximum Gasteiger partial charge on any atom is 0.490 e. The Morgan fingerprint density at radius 1 is 1.16 bits per heavy atom. The lowest BCUT2D eigenvalue weighted by Crippen LogP contribution is -2.31. The Kier molecular flexibility index (Phi) is 6.59. The van der Waals surface area contributed by atoms with E-state index in [9.17, 15) is 22.4 Å². The van der Waals surface area contributed by atoms with Gasteiger partial charge in [-0.2, -0.15) is 13.2 Å². The van der Waals surface area contributed by atoms with Gasteiger partial charge in [-0.05, 0) is 43.3 Å². The van der Waals surface area contributed by atoms with Crippen LogP contribution in [0.4, 0.5) is 23.2 Å². The van der Waals surface area contributed by atoms with Crippen LogP contribution < -0.4 is 4.90 Å². The highest BCUT2D eigenvalue weighted by Crippen LogP contribution is 2.42. The number of carboxylic acid groups (broad SMARTS) is 1. The van der Waals surface area contributed by atoms with Gasteiger partial charge in [0.1, 0.15) is 5.82 Å². The molecule has 10 heteroatoms. The molecular weight excluding hydrogens is 418 g/mol. The number of hydrogen-bond donors (Lipinski definition) is 1. The molecule has 4 rings (SSSR count). The number of carboxylic acids is 1. The summed E-state index contributed by atoms with van der Waals surface area (Å²) in [5, 5.41) is 7.12. The van der Waals surface area contributed by atoms with E-state index in [-0.39, 0.29) is 17.1 Å². The van der Waals surface area contributed by atoms with Crippen molar-refractivity contribution in [2.45, 2.75) is 25.6 Å². The monoisotopic (exact) mass is 439 g/mol. The first kappa shape index (κ1) is 22.7. The Balaban J connectivity index is 0.000000339. The molecule has 1 amide bonds. The first-order chi connectivity index (χ1) is 14.6. The topological polar surface area (TPSA) is 73.7 Å². The van der Waals surface area contributed by atoms with E-state index in [0.717, 1.165) is 31.7 Å². The summed E-state index contributed by atoms with van der Waals surface area (Å²) in [5.74, 6) is -2.96. The fourth-order valence-corrected chi connectivity index (χ4v) is 3.93. The second-order valence-electron chi connectivity index (χ2n) is 7.72. The molecule has 2 saturated heterocycles. The molecule has 0 saturated carbocycles. The molecule has 2 aliphatic heterocycles. The zero-order valence-electron chi connectivity index (χ0n) is 16.5. The zero-order chi connectivity index (χ0) is 22.6. The normalized spacial score (nSPS) is 21.3. The standard InChI is InChI=1S/C19H20FN3O.C2HF3O2/c20-15-4-3-6-17(10-15)23-14-19(11-18(23)24)7-9-22(13-19)12-16-5-1-2-8-21-16;3-2(4,5)1(6)7/h1-6,8,10H,7,9,11-14H2;(H,6,7). The lowest BCUT2D eigenvalue weighted by molar-refractivity contribution is -0.192. The van der Waals surface area contributed by atoms with E-state index < -0.39 is 12.1 Å². The van der Waals surface area contributed by atoms with Gasteiger partial charge in [-0.1, -0.05) is 12.1 Å². The van der Waals surface area contributed by atoms with Crippen LogP contribution in [-0.4, -0.2) is 52.7 Å². The first-order valence-electron chi connectivity index (χ1n) is 9.56. The van der Waals surface area contributed by atoms with Crippen molar-refractivity contribution < 1.29 is 32.3 Å². The number of amides is 1. The Bertz CT molecular complexity index is 939. The molecule has 3 heterocycles.